The monoisotopic (exact) mass is 458 g/mol. The largest absolute Gasteiger partial charge is 0.436 e. The van der Waals surface area contributed by atoms with E-state index in [1.54, 1.807) is 12.4 Å². The van der Waals surface area contributed by atoms with Crippen LogP contribution in [0, 0.1) is 6.57 Å². The van der Waals surface area contributed by atoms with E-state index in [0.717, 1.165) is 64.3 Å². The van der Waals surface area contributed by atoms with Gasteiger partial charge >= 0.3 is 0 Å². The van der Waals surface area contributed by atoms with Crippen molar-refractivity contribution < 1.29 is 4.42 Å². The molecule has 0 aliphatic heterocycles. The Morgan fingerprint density at radius 1 is 0.914 bits per heavy atom. The van der Waals surface area contributed by atoms with Crippen LogP contribution in [0.25, 0.3) is 27.4 Å². The first kappa shape index (κ1) is 20.9. The summed E-state index contributed by atoms with van der Waals surface area (Å²) in [6, 6.07) is 19.7. The molecule has 7 nitrogen and oxygen atoms in total. The number of nitrogens with one attached hydrogen (secondary N) is 2. The molecule has 2 N–H and O–H groups in total. The highest BCUT2D eigenvalue weighted by Crippen LogP contribution is 2.32. The summed E-state index contributed by atoms with van der Waals surface area (Å²) in [4.78, 5) is 17.0. The molecule has 0 saturated carbocycles. The summed E-state index contributed by atoms with van der Waals surface area (Å²) in [6.07, 6.45) is 7.79. The molecule has 35 heavy (non-hydrogen) atoms. The molecular formula is C28H22N6O. The van der Waals surface area contributed by atoms with Crippen molar-refractivity contribution in [3.8, 4) is 11.5 Å². The normalized spacial score (nSPS) is 14.8. The van der Waals surface area contributed by atoms with Gasteiger partial charge in [-0.15, -0.1) is 0 Å². The maximum atomic E-state index is 7.43. The van der Waals surface area contributed by atoms with Gasteiger partial charge in [-0.2, -0.15) is 0 Å². The molecule has 0 radical (unpaired) electrons. The van der Waals surface area contributed by atoms with E-state index in [1.807, 2.05) is 66.9 Å². The number of anilines is 4. The Morgan fingerprint density at radius 3 is 2.69 bits per heavy atom. The quantitative estimate of drug-likeness (QED) is 0.291. The number of oxazole rings is 1. The highest BCUT2D eigenvalue weighted by molar-refractivity contribution is 5.81. The van der Waals surface area contributed by atoms with Gasteiger partial charge in [-0.05, 0) is 55.0 Å². The summed E-state index contributed by atoms with van der Waals surface area (Å²) in [5.41, 5.74) is 8.44. The van der Waals surface area contributed by atoms with Crippen molar-refractivity contribution in [3.05, 3.63) is 102 Å². The molecule has 0 fully saturated rings. The minimum absolute atomic E-state index is 0.0243. The van der Waals surface area contributed by atoms with Gasteiger partial charge in [0.15, 0.2) is 5.58 Å². The molecule has 1 aliphatic carbocycles. The smallest absolute Gasteiger partial charge is 0.228 e. The average Bonchev–Trinajstić information content (AvgIpc) is 3.33. The summed E-state index contributed by atoms with van der Waals surface area (Å²) in [5.74, 6) is 0.564. The third-order valence-corrected chi connectivity index (χ3v) is 6.23. The summed E-state index contributed by atoms with van der Waals surface area (Å²) in [6.45, 7) is 7.43. The van der Waals surface area contributed by atoms with Gasteiger partial charge in [0, 0.05) is 70.6 Å². The number of nitrogens with zero attached hydrogens (tertiary/aromatic N) is 4. The van der Waals surface area contributed by atoms with Gasteiger partial charge in [0.2, 0.25) is 11.9 Å². The lowest BCUT2D eigenvalue weighted by molar-refractivity contribution is 0.620. The number of aromatic nitrogens is 3. The lowest BCUT2D eigenvalue weighted by Crippen LogP contribution is -2.18. The molecule has 7 heteroatoms. The maximum Gasteiger partial charge on any atom is 0.228 e. The van der Waals surface area contributed by atoms with Gasteiger partial charge in [0.05, 0.1) is 6.42 Å². The van der Waals surface area contributed by atoms with Crippen LogP contribution in [0.4, 0.5) is 22.7 Å². The summed E-state index contributed by atoms with van der Waals surface area (Å²) >= 11 is 0. The molecule has 0 spiro atoms. The van der Waals surface area contributed by atoms with Gasteiger partial charge in [0.25, 0.3) is 0 Å². The molecule has 1 unspecified atom stereocenters. The fourth-order valence-corrected chi connectivity index (χ4v) is 4.46. The molecule has 0 saturated heterocycles. The van der Waals surface area contributed by atoms with Crippen LogP contribution in [0.15, 0.2) is 83.7 Å². The third-order valence-electron chi connectivity index (χ3n) is 6.23. The van der Waals surface area contributed by atoms with Crippen LogP contribution < -0.4 is 10.6 Å². The van der Waals surface area contributed by atoms with Crippen molar-refractivity contribution in [1.82, 2.24) is 15.0 Å². The molecule has 1 aliphatic rings. The van der Waals surface area contributed by atoms with Crippen LogP contribution in [-0.2, 0) is 12.8 Å². The zero-order chi connectivity index (χ0) is 23.6. The first-order chi connectivity index (χ1) is 17.2. The van der Waals surface area contributed by atoms with Crippen LogP contribution >= 0.6 is 0 Å². The Labute approximate surface area is 202 Å². The summed E-state index contributed by atoms with van der Waals surface area (Å²) < 4.78 is 6.12. The van der Waals surface area contributed by atoms with E-state index in [0.29, 0.717) is 11.5 Å². The highest BCUT2D eigenvalue weighted by Gasteiger charge is 2.25. The van der Waals surface area contributed by atoms with Crippen molar-refractivity contribution >= 4 is 33.8 Å². The summed E-state index contributed by atoms with van der Waals surface area (Å²) in [5, 5.41) is 6.88. The number of fused-ring (bicyclic) bond motifs is 2. The molecule has 0 amide bonds. The highest BCUT2D eigenvalue weighted by atomic mass is 16.3. The van der Waals surface area contributed by atoms with Crippen molar-refractivity contribution in [1.29, 1.82) is 0 Å². The predicted molar refractivity (Wildman–Crippen MR) is 137 cm³/mol. The second-order valence-electron chi connectivity index (χ2n) is 8.58. The van der Waals surface area contributed by atoms with Gasteiger partial charge in [-0.1, -0.05) is 6.07 Å². The standard InChI is InChI=1S/C28H22N6O/c1-29-20-5-7-24-23(16-20)25(11-14-31-24)33-21-4-2-3-18(15-21)28-34-26-8-6-22(17-27(26)35-28)32-19-9-12-30-13-10-19/h2-4,6,8-15,17,20H,5,7,16H2,(H,30,32)(H,31,33). The molecule has 1 atom stereocenters. The molecule has 3 aromatic heterocycles. The number of aryl methyl sites for hydroxylation is 1. The van der Waals surface area contributed by atoms with E-state index >= 15 is 0 Å². The molecule has 5 aromatic rings. The van der Waals surface area contributed by atoms with E-state index in [9.17, 15) is 0 Å². The number of rotatable bonds is 5. The number of pyridine rings is 2. The first-order valence-electron chi connectivity index (χ1n) is 11.5. The van der Waals surface area contributed by atoms with Crippen LogP contribution in [0.1, 0.15) is 17.7 Å². The minimum atomic E-state index is 0.0243. The second-order valence-corrected chi connectivity index (χ2v) is 8.58. The molecule has 170 valence electrons. The van der Waals surface area contributed by atoms with Gasteiger partial charge in [0.1, 0.15) is 5.52 Å². The van der Waals surface area contributed by atoms with Crippen molar-refractivity contribution in [3.63, 3.8) is 0 Å². The average molecular weight is 459 g/mol. The van der Waals surface area contributed by atoms with Gasteiger partial charge < -0.3 is 19.9 Å². The SMILES string of the molecule is [C-]#[N+]C1CCc2nccc(Nc3cccc(-c4nc5ccc(Nc6ccncc6)cc5o4)c3)c2C1. The Kier molecular flexibility index (Phi) is 5.32. The predicted octanol–water partition coefficient (Wildman–Crippen LogP) is 6.55. The van der Waals surface area contributed by atoms with Crippen LogP contribution in [-0.4, -0.2) is 21.0 Å². The number of hydrogen-bond acceptors (Lipinski definition) is 6. The van der Waals surface area contributed by atoms with E-state index in [2.05, 4.69) is 25.4 Å². The molecule has 0 bridgehead atoms. The minimum Gasteiger partial charge on any atom is -0.436 e. The molecule has 3 heterocycles. The number of hydrogen-bond donors (Lipinski definition) is 2. The van der Waals surface area contributed by atoms with E-state index < -0.39 is 0 Å². The van der Waals surface area contributed by atoms with E-state index in [1.165, 1.54) is 0 Å². The zero-order valence-corrected chi connectivity index (χ0v) is 18.9. The Balaban J connectivity index is 1.27. The molecule has 2 aromatic carbocycles. The Hall–Kier alpha value is -4.70. The van der Waals surface area contributed by atoms with Gasteiger partial charge in [-0.3, -0.25) is 9.97 Å². The Bertz CT molecular complexity index is 1550. The van der Waals surface area contributed by atoms with Crippen molar-refractivity contribution in [2.45, 2.75) is 25.3 Å². The van der Waals surface area contributed by atoms with Crippen molar-refractivity contribution in [2.75, 3.05) is 10.6 Å². The van der Waals surface area contributed by atoms with E-state index in [-0.39, 0.29) is 6.04 Å². The molecule has 6 rings (SSSR count). The topological polar surface area (TPSA) is 80.2 Å². The lowest BCUT2D eigenvalue weighted by atomic mass is 9.91. The first-order valence-corrected chi connectivity index (χ1v) is 11.5. The van der Waals surface area contributed by atoms with Crippen LogP contribution in [0.3, 0.4) is 0 Å². The lowest BCUT2D eigenvalue weighted by Gasteiger charge is -2.20. The van der Waals surface area contributed by atoms with Crippen LogP contribution in [0.2, 0.25) is 0 Å². The maximum absolute atomic E-state index is 7.43. The Morgan fingerprint density at radius 2 is 1.80 bits per heavy atom. The third kappa shape index (κ3) is 4.30. The fraction of sp³-hybridized carbons (Fsp3) is 0.143. The second kappa shape index (κ2) is 8.92. The number of benzene rings is 2. The fourth-order valence-electron chi connectivity index (χ4n) is 4.46. The van der Waals surface area contributed by atoms with Gasteiger partial charge in [-0.25, -0.2) is 11.6 Å². The van der Waals surface area contributed by atoms with E-state index in [4.69, 9.17) is 16.0 Å². The van der Waals surface area contributed by atoms with Crippen LogP contribution in [0.5, 0.6) is 0 Å². The molecular weight excluding hydrogens is 436 g/mol. The zero-order valence-electron chi connectivity index (χ0n) is 18.9. The summed E-state index contributed by atoms with van der Waals surface area (Å²) in [7, 11) is 0. The van der Waals surface area contributed by atoms with Crippen molar-refractivity contribution in [2.24, 2.45) is 0 Å².